The third-order valence-electron chi connectivity index (χ3n) is 3.91. The molecule has 21 heavy (non-hydrogen) atoms. The summed E-state index contributed by atoms with van der Waals surface area (Å²) in [6.45, 7) is 0.516. The molecule has 1 aliphatic rings. The van der Waals surface area contributed by atoms with Crippen LogP contribution >= 0.6 is 12.4 Å². The van der Waals surface area contributed by atoms with Crippen molar-refractivity contribution >= 4 is 12.4 Å². The maximum atomic E-state index is 6.36. The van der Waals surface area contributed by atoms with Gasteiger partial charge in [0, 0.05) is 12.7 Å². The molecule has 0 radical (unpaired) electrons. The van der Waals surface area contributed by atoms with Gasteiger partial charge in [-0.1, -0.05) is 36.2 Å². The minimum absolute atomic E-state index is 0. The fraction of sp³-hybridized carbons (Fsp3) is 0.467. The Balaban J connectivity index is 0.00000161. The van der Waals surface area contributed by atoms with E-state index in [4.69, 9.17) is 15.0 Å². The van der Waals surface area contributed by atoms with Gasteiger partial charge in [0.1, 0.15) is 0 Å². The predicted molar refractivity (Wildman–Crippen MR) is 82.0 cm³/mol. The van der Waals surface area contributed by atoms with E-state index in [1.807, 2.05) is 24.3 Å². The molecule has 2 aromatic rings. The number of aromatic nitrogens is 2. The highest BCUT2D eigenvalue weighted by Crippen LogP contribution is 2.35. The van der Waals surface area contributed by atoms with Gasteiger partial charge in [-0.25, -0.2) is 0 Å². The molecular weight excluding hydrogens is 290 g/mol. The molecule has 0 spiro atoms. The number of hydrogen-bond donors (Lipinski definition) is 1. The lowest BCUT2D eigenvalue weighted by Crippen LogP contribution is -2.34. The molecule has 2 N–H and O–H groups in total. The Morgan fingerprint density at radius 1 is 1.29 bits per heavy atom. The lowest BCUT2D eigenvalue weighted by Gasteiger charge is -2.17. The predicted octanol–water partition coefficient (Wildman–Crippen LogP) is 3.03. The van der Waals surface area contributed by atoms with Crippen LogP contribution in [0.4, 0.5) is 0 Å². The van der Waals surface area contributed by atoms with Crippen LogP contribution < -0.4 is 5.73 Å². The smallest absolute Gasteiger partial charge is 0.258 e. The molecule has 0 amide bonds. The average Bonchev–Trinajstić information content (AvgIpc) is 3.09. The van der Waals surface area contributed by atoms with Crippen molar-refractivity contribution in [1.82, 2.24) is 10.1 Å². The molecule has 1 saturated carbocycles. The molecular formula is C15H20ClN3O2. The van der Waals surface area contributed by atoms with Crippen LogP contribution in [-0.2, 0) is 16.9 Å². The lowest BCUT2D eigenvalue weighted by atomic mass is 9.98. The zero-order valence-corrected chi connectivity index (χ0v) is 12.9. The van der Waals surface area contributed by atoms with Crippen LogP contribution in [0.25, 0.3) is 11.5 Å². The minimum Gasteiger partial charge on any atom is -0.380 e. The summed E-state index contributed by atoms with van der Waals surface area (Å²) in [5.41, 5.74) is 7.88. The molecule has 5 nitrogen and oxygen atoms in total. The van der Waals surface area contributed by atoms with Crippen LogP contribution in [0.3, 0.4) is 0 Å². The molecule has 1 fully saturated rings. The highest BCUT2D eigenvalue weighted by atomic mass is 35.5. The van der Waals surface area contributed by atoms with Crippen molar-refractivity contribution in [2.75, 3.05) is 7.11 Å². The molecule has 0 saturated heterocycles. The third-order valence-corrected chi connectivity index (χ3v) is 3.91. The molecule has 3 rings (SSSR count). The topological polar surface area (TPSA) is 74.2 Å². The van der Waals surface area contributed by atoms with Gasteiger partial charge in [0.15, 0.2) is 5.82 Å². The standard InChI is InChI=1S/C15H19N3O2.ClH/c1-19-10-11-6-2-3-7-12(11)13-17-14(18-20-13)15(16)8-4-5-9-15;/h2-3,6-7H,4-5,8-10,16H2,1H3;1H. The number of methoxy groups -OCH3 is 1. The van der Waals surface area contributed by atoms with E-state index in [0.29, 0.717) is 18.3 Å². The first kappa shape index (κ1) is 15.9. The van der Waals surface area contributed by atoms with Gasteiger partial charge in [0.05, 0.1) is 12.1 Å². The second kappa shape index (κ2) is 6.56. The van der Waals surface area contributed by atoms with Crippen LogP contribution in [0.1, 0.15) is 37.1 Å². The lowest BCUT2D eigenvalue weighted by molar-refractivity contribution is 0.185. The second-order valence-corrected chi connectivity index (χ2v) is 5.38. The molecule has 1 aromatic heterocycles. The van der Waals surface area contributed by atoms with Crippen molar-refractivity contribution in [3.05, 3.63) is 35.7 Å². The highest BCUT2D eigenvalue weighted by Gasteiger charge is 2.36. The van der Waals surface area contributed by atoms with E-state index in [1.54, 1.807) is 7.11 Å². The van der Waals surface area contributed by atoms with Gasteiger partial charge >= 0.3 is 0 Å². The summed E-state index contributed by atoms with van der Waals surface area (Å²) in [5, 5.41) is 4.10. The van der Waals surface area contributed by atoms with Gasteiger partial charge < -0.3 is 15.0 Å². The second-order valence-electron chi connectivity index (χ2n) is 5.38. The van der Waals surface area contributed by atoms with E-state index in [0.717, 1.165) is 36.8 Å². The summed E-state index contributed by atoms with van der Waals surface area (Å²) in [6.07, 6.45) is 4.10. The normalized spacial score (nSPS) is 16.7. The first-order valence-electron chi connectivity index (χ1n) is 6.93. The molecule has 0 atom stereocenters. The molecule has 1 aliphatic carbocycles. The third kappa shape index (κ3) is 3.10. The molecule has 1 aromatic carbocycles. The summed E-state index contributed by atoms with van der Waals surface area (Å²) in [4.78, 5) is 4.52. The quantitative estimate of drug-likeness (QED) is 0.939. The molecule has 6 heteroatoms. The molecule has 114 valence electrons. The van der Waals surface area contributed by atoms with E-state index in [2.05, 4.69) is 10.1 Å². The Labute approximate surface area is 130 Å². The van der Waals surface area contributed by atoms with E-state index in [1.165, 1.54) is 0 Å². The Morgan fingerprint density at radius 3 is 2.71 bits per heavy atom. The van der Waals surface area contributed by atoms with Crippen LogP contribution in [0.5, 0.6) is 0 Å². The van der Waals surface area contributed by atoms with Gasteiger partial charge in [-0.2, -0.15) is 4.98 Å². The molecule has 0 unspecified atom stereocenters. The first-order chi connectivity index (χ1) is 9.73. The Morgan fingerprint density at radius 2 is 2.00 bits per heavy atom. The van der Waals surface area contributed by atoms with Crippen molar-refractivity contribution < 1.29 is 9.26 Å². The summed E-state index contributed by atoms with van der Waals surface area (Å²) in [5.74, 6) is 1.14. The highest BCUT2D eigenvalue weighted by molar-refractivity contribution is 5.85. The number of halogens is 1. The van der Waals surface area contributed by atoms with E-state index in [9.17, 15) is 0 Å². The Hall–Kier alpha value is -1.43. The van der Waals surface area contributed by atoms with Gasteiger partial charge in [-0.15, -0.1) is 12.4 Å². The fourth-order valence-electron chi connectivity index (χ4n) is 2.77. The summed E-state index contributed by atoms with van der Waals surface area (Å²) in [7, 11) is 1.67. The zero-order valence-electron chi connectivity index (χ0n) is 12.0. The van der Waals surface area contributed by atoms with Crippen molar-refractivity contribution in [1.29, 1.82) is 0 Å². The monoisotopic (exact) mass is 309 g/mol. The van der Waals surface area contributed by atoms with Crippen molar-refractivity contribution in [3.63, 3.8) is 0 Å². The number of benzene rings is 1. The van der Waals surface area contributed by atoms with E-state index < -0.39 is 5.54 Å². The first-order valence-corrected chi connectivity index (χ1v) is 6.93. The molecule has 0 bridgehead atoms. The Kier molecular flexibility index (Phi) is 4.98. The van der Waals surface area contributed by atoms with Crippen LogP contribution in [0, 0.1) is 0 Å². The molecule has 0 aliphatic heterocycles. The van der Waals surface area contributed by atoms with Crippen molar-refractivity contribution in [3.8, 4) is 11.5 Å². The minimum atomic E-state index is -0.419. The zero-order chi connectivity index (χ0) is 14.0. The molecule has 1 heterocycles. The maximum absolute atomic E-state index is 6.36. The maximum Gasteiger partial charge on any atom is 0.258 e. The van der Waals surface area contributed by atoms with E-state index >= 15 is 0 Å². The number of nitrogens with zero attached hydrogens (tertiary/aromatic N) is 2. The van der Waals surface area contributed by atoms with Crippen molar-refractivity contribution in [2.24, 2.45) is 5.73 Å². The fourth-order valence-corrected chi connectivity index (χ4v) is 2.77. The largest absolute Gasteiger partial charge is 0.380 e. The van der Waals surface area contributed by atoms with Gasteiger partial charge in [-0.3, -0.25) is 0 Å². The number of ether oxygens (including phenoxy) is 1. The van der Waals surface area contributed by atoms with Crippen LogP contribution in [-0.4, -0.2) is 17.3 Å². The summed E-state index contributed by atoms with van der Waals surface area (Å²) >= 11 is 0. The number of rotatable bonds is 4. The SMILES string of the molecule is COCc1ccccc1-c1nc(C2(N)CCCC2)no1.Cl. The average molecular weight is 310 g/mol. The summed E-state index contributed by atoms with van der Waals surface area (Å²) in [6, 6.07) is 7.88. The van der Waals surface area contributed by atoms with Gasteiger partial charge in [0.2, 0.25) is 0 Å². The summed E-state index contributed by atoms with van der Waals surface area (Å²) < 4.78 is 10.6. The van der Waals surface area contributed by atoms with Gasteiger partial charge in [0.25, 0.3) is 5.89 Å². The number of hydrogen-bond acceptors (Lipinski definition) is 5. The van der Waals surface area contributed by atoms with E-state index in [-0.39, 0.29) is 12.4 Å². The Bertz CT molecular complexity index is 594. The van der Waals surface area contributed by atoms with Gasteiger partial charge in [-0.05, 0) is 24.5 Å². The van der Waals surface area contributed by atoms with Crippen LogP contribution in [0.15, 0.2) is 28.8 Å². The van der Waals surface area contributed by atoms with Crippen LogP contribution in [0.2, 0.25) is 0 Å². The number of nitrogens with two attached hydrogens (primary N) is 1. The van der Waals surface area contributed by atoms with Crippen molar-refractivity contribution in [2.45, 2.75) is 37.8 Å².